The smallest absolute Gasteiger partial charge is 0.123 e. The SMILES string of the molecule is CCCCCCCCCC(C)C1c2cc(c(O)cc2O)C(C(C)CCCCCCCCC)c2cc(c(O)cc2O)C([C@H](C)CCCCCCCCC)c2cc(c(O)cc2O)C(C(C)CCCCCCCCC)c2cc1c(O)cc2O. The second-order valence-electron chi connectivity index (χ2n) is 25.3. The van der Waals surface area contributed by atoms with Crippen molar-refractivity contribution >= 4 is 0 Å². The standard InChI is InChI=1S/C72H112O8/c1-9-13-17-21-25-29-33-37-49(5)69-53-41-55(63(75)45-61(53)73)70(50(6)38-34-30-26-22-18-14-10-2)57-43-59(67(79)47-65(57)77)72(52(8)40-36-32-28-24-20-16-12-4)60-44-58(66(78)48-68(60)80)71(56-42-54(69)62(74)46-64(56)76)51(7)39-35-31-27-23-19-15-11-3/h41-52,69-80H,9-40H2,1-8H3/t49-,50?,51?,52?,69?,70?,71?,72?/m1/s1. The molecule has 0 spiro atoms. The molecule has 4 aromatic carbocycles. The largest absolute Gasteiger partial charge is 0.508 e. The molecule has 0 radical (unpaired) electrons. The summed E-state index contributed by atoms with van der Waals surface area (Å²) in [5, 5.41) is 98.7. The minimum Gasteiger partial charge on any atom is -0.508 e. The Hall–Kier alpha value is -4.72. The first kappa shape index (κ1) is 66.1. The van der Waals surface area contributed by atoms with Gasteiger partial charge in [0.05, 0.1) is 0 Å². The predicted octanol–water partition coefficient (Wildman–Crippen LogP) is 21.3. The van der Waals surface area contributed by atoms with Gasteiger partial charge in [-0.05, 0) is 73.6 Å². The zero-order chi connectivity index (χ0) is 58.1. The fraction of sp³-hybridized carbons (Fsp3) is 0.667. The zero-order valence-corrected chi connectivity index (χ0v) is 51.4. The molecule has 5 unspecified atom stereocenters. The number of benzene rings is 4. The van der Waals surface area contributed by atoms with Gasteiger partial charge in [-0.3, -0.25) is 0 Å². The average molecular weight is 1110 g/mol. The minimum atomic E-state index is -0.593. The van der Waals surface area contributed by atoms with Crippen LogP contribution in [0.3, 0.4) is 0 Å². The summed E-state index contributed by atoms with van der Waals surface area (Å²) in [6, 6.07) is 13.4. The molecule has 0 heterocycles. The maximum Gasteiger partial charge on any atom is 0.123 e. The Morgan fingerprint density at radius 2 is 0.362 bits per heavy atom. The molecule has 5 rings (SSSR count). The molecular formula is C72H112O8. The highest BCUT2D eigenvalue weighted by molar-refractivity contribution is 5.62. The Labute approximate surface area is 485 Å². The minimum absolute atomic E-state index is 0.101. The van der Waals surface area contributed by atoms with Crippen molar-refractivity contribution in [2.45, 2.75) is 285 Å². The van der Waals surface area contributed by atoms with E-state index in [1.54, 1.807) is 0 Å². The average Bonchev–Trinajstić information content (AvgIpc) is 3.42. The van der Waals surface area contributed by atoms with E-state index in [1.807, 2.05) is 24.3 Å². The van der Waals surface area contributed by atoms with Gasteiger partial charge in [-0.15, -0.1) is 0 Å². The van der Waals surface area contributed by atoms with Crippen molar-refractivity contribution in [1.82, 2.24) is 0 Å². The van der Waals surface area contributed by atoms with Crippen LogP contribution in [0.15, 0.2) is 48.5 Å². The molecule has 6 atom stereocenters. The van der Waals surface area contributed by atoms with Crippen molar-refractivity contribution in [1.29, 1.82) is 0 Å². The summed E-state index contributed by atoms with van der Waals surface area (Å²) in [5.74, 6) is -3.66. The number of rotatable bonds is 36. The highest BCUT2D eigenvalue weighted by Gasteiger charge is 2.38. The molecule has 80 heavy (non-hydrogen) atoms. The van der Waals surface area contributed by atoms with E-state index in [0.717, 1.165) is 103 Å². The van der Waals surface area contributed by atoms with E-state index in [4.69, 9.17) is 0 Å². The van der Waals surface area contributed by atoms with Gasteiger partial charge in [0.15, 0.2) is 0 Å². The molecule has 0 saturated heterocycles. The van der Waals surface area contributed by atoms with E-state index in [-0.39, 0.29) is 69.7 Å². The third-order valence-corrected chi connectivity index (χ3v) is 18.7. The van der Waals surface area contributed by atoms with Crippen LogP contribution < -0.4 is 0 Å². The monoisotopic (exact) mass is 1100 g/mol. The molecule has 8 bridgehead atoms. The van der Waals surface area contributed by atoms with E-state index in [2.05, 4.69) is 55.4 Å². The van der Waals surface area contributed by atoms with Crippen LogP contribution >= 0.6 is 0 Å². The Balaban J connectivity index is 1.82. The normalized spacial score (nSPS) is 17.8. The fourth-order valence-electron chi connectivity index (χ4n) is 13.9. The predicted molar refractivity (Wildman–Crippen MR) is 334 cm³/mol. The van der Waals surface area contributed by atoms with E-state index < -0.39 is 23.7 Å². The first-order chi connectivity index (χ1) is 38.6. The summed E-state index contributed by atoms with van der Waals surface area (Å²) < 4.78 is 0. The van der Waals surface area contributed by atoms with Crippen LogP contribution in [-0.4, -0.2) is 40.9 Å². The summed E-state index contributed by atoms with van der Waals surface area (Å²) in [6.07, 6.45) is 35.0. The van der Waals surface area contributed by atoms with Crippen LogP contribution in [0.25, 0.3) is 0 Å². The third kappa shape index (κ3) is 18.6. The molecule has 1 aliphatic rings. The Morgan fingerprint density at radius 1 is 0.225 bits per heavy atom. The first-order valence-corrected chi connectivity index (χ1v) is 32.8. The molecule has 8 nitrogen and oxygen atoms in total. The topological polar surface area (TPSA) is 162 Å². The summed E-state index contributed by atoms with van der Waals surface area (Å²) in [6.45, 7) is 17.6. The van der Waals surface area contributed by atoms with E-state index in [1.165, 1.54) is 127 Å². The van der Waals surface area contributed by atoms with E-state index in [0.29, 0.717) is 44.5 Å². The van der Waals surface area contributed by atoms with Gasteiger partial charge in [0.25, 0.3) is 0 Å². The van der Waals surface area contributed by atoms with Gasteiger partial charge >= 0.3 is 0 Å². The van der Waals surface area contributed by atoms with Crippen LogP contribution in [0, 0.1) is 23.7 Å². The molecule has 4 aromatic rings. The number of unbranched alkanes of at least 4 members (excludes halogenated alkanes) is 24. The van der Waals surface area contributed by atoms with Gasteiger partial charge in [-0.2, -0.15) is 0 Å². The quantitative estimate of drug-likeness (QED) is 0.0209. The van der Waals surface area contributed by atoms with Crippen molar-refractivity contribution in [2.24, 2.45) is 23.7 Å². The zero-order valence-electron chi connectivity index (χ0n) is 51.4. The third-order valence-electron chi connectivity index (χ3n) is 18.7. The van der Waals surface area contributed by atoms with Gasteiger partial charge in [-0.25, -0.2) is 0 Å². The van der Waals surface area contributed by atoms with Crippen LogP contribution in [0.2, 0.25) is 0 Å². The molecule has 0 aromatic heterocycles. The van der Waals surface area contributed by atoms with Gasteiger partial charge in [0.2, 0.25) is 0 Å². The molecule has 0 amide bonds. The lowest BCUT2D eigenvalue weighted by Crippen LogP contribution is -2.19. The number of hydrogen-bond donors (Lipinski definition) is 8. The molecule has 0 fully saturated rings. The molecule has 8 heteroatoms. The molecule has 0 aliphatic heterocycles. The lowest BCUT2D eigenvalue weighted by atomic mass is 9.71. The number of phenolic OH excluding ortho intramolecular Hbond substituents is 8. The lowest BCUT2D eigenvalue weighted by Gasteiger charge is -2.34. The maximum absolute atomic E-state index is 12.3. The van der Waals surface area contributed by atoms with Gasteiger partial charge < -0.3 is 40.9 Å². The van der Waals surface area contributed by atoms with Crippen LogP contribution in [0.1, 0.15) is 329 Å². The van der Waals surface area contributed by atoms with Crippen LogP contribution in [-0.2, 0) is 0 Å². The lowest BCUT2D eigenvalue weighted by molar-refractivity contribution is 0.377. The molecule has 0 saturated carbocycles. The van der Waals surface area contributed by atoms with Crippen molar-refractivity contribution in [3.63, 3.8) is 0 Å². The summed E-state index contributed by atoms with van der Waals surface area (Å²) >= 11 is 0. The van der Waals surface area contributed by atoms with Crippen molar-refractivity contribution in [3.05, 3.63) is 93.0 Å². The Bertz CT molecular complexity index is 1990. The van der Waals surface area contributed by atoms with Gasteiger partial charge in [0.1, 0.15) is 46.0 Å². The highest BCUT2D eigenvalue weighted by Crippen LogP contribution is 2.55. The number of fused-ring (bicyclic) bond motifs is 8. The van der Waals surface area contributed by atoms with Gasteiger partial charge in [0, 0.05) is 92.4 Å². The van der Waals surface area contributed by atoms with E-state index >= 15 is 0 Å². The van der Waals surface area contributed by atoms with Crippen LogP contribution in [0.5, 0.6) is 46.0 Å². The summed E-state index contributed by atoms with van der Waals surface area (Å²) in [5.41, 5.74) is 4.35. The van der Waals surface area contributed by atoms with Crippen molar-refractivity contribution in [3.8, 4) is 46.0 Å². The van der Waals surface area contributed by atoms with E-state index in [9.17, 15) is 40.9 Å². The van der Waals surface area contributed by atoms with Gasteiger partial charge in [-0.1, -0.05) is 235 Å². The fourth-order valence-corrected chi connectivity index (χ4v) is 13.9. The molecule has 8 N–H and O–H groups in total. The second-order valence-corrected chi connectivity index (χ2v) is 25.3. The highest BCUT2D eigenvalue weighted by atomic mass is 16.3. The number of phenols is 8. The molecule has 1 aliphatic carbocycles. The first-order valence-electron chi connectivity index (χ1n) is 32.8. The summed E-state index contributed by atoms with van der Waals surface area (Å²) in [7, 11) is 0. The summed E-state index contributed by atoms with van der Waals surface area (Å²) in [4.78, 5) is 0. The van der Waals surface area contributed by atoms with Crippen molar-refractivity contribution in [2.75, 3.05) is 0 Å². The van der Waals surface area contributed by atoms with Crippen molar-refractivity contribution < 1.29 is 40.9 Å². The number of hydrogen-bond acceptors (Lipinski definition) is 8. The molecule has 448 valence electrons. The Morgan fingerprint density at radius 3 is 0.512 bits per heavy atom. The van der Waals surface area contributed by atoms with Crippen LogP contribution in [0.4, 0.5) is 0 Å². The second kappa shape index (κ2) is 34.7. The molecular weight excluding hydrogens is 993 g/mol. The number of aromatic hydroxyl groups is 8. The Kier molecular flexibility index (Phi) is 28.6. The maximum atomic E-state index is 12.3.